The Balaban J connectivity index is 1.86. The molecule has 0 aliphatic heterocycles. The average molecular weight is 426 g/mol. The van der Waals surface area contributed by atoms with Gasteiger partial charge in [0.25, 0.3) is 0 Å². The van der Waals surface area contributed by atoms with Crippen molar-refractivity contribution in [3.8, 4) is 0 Å². The molecule has 2 N–H and O–H groups in total. The fourth-order valence-corrected chi connectivity index (χ4v) is 5.16. The molecule has 1 fully saturated rings. The van der Waals surface area contributed by atoms with Gasteiger partial charge in [0, 0.05) is 11.5 Å². The largest absolute Gasteiger partial charge is 0.246 e. The van der Waals surface area contributed by atoms with Crippen LogP contribution in [0.3, 0.4) is 0 Å². The van der Waals surface area contributed by atoms with Crippen molar-refractivity contribution in [1.29, 1.82) is 0 Å². The van der Waals surface area contributed by atoms with E-state index >= 15 is 0 Å². The molecule has 0 amide bonds. The van der Waals surface area contributed by atoms with Crippen molar-refractivity contribution in [3.05, 3.63) is 57.8 Å². The predicted octanol–water partition coefficient (Wildman–Crippen LogP) is 4.32. The van der Waals surface area contributed by atoms with Crippen LogP contribution in [0.2, 0.25) is 0 Å². The average Bonchev–Trinajstić information content (AvgIpc) is 2.94. The number of hydrogen-bond acceptors (Lipinski definition) is 5. The van der Waals surface area contributed by atoms with E-state index in [1.807, 2.05) is 0 Å². The molecule has 0 radical (unpaired) electrons. The van der Waals surface area contributed by atoms with E-state index in [0.717, 1.165) is 10.6 Å². The van der Waals surface area contributed by atoms with Crippen LogP contribution in [0.1, 0.15) is 48.2 Å². The van der Waals surface area contributed by atoms with Gasteiger partial charge in [0.15, 0.2) is 0 Å². The maximum absolute atomic E-state index is 13.3. The van der Waals surface area contributed by atoms with E-state index in [9.17, 15) is 17.2 Å². The molecule has 150 valence electrons. The molecule has 1 aromatic carbocycles. The SMILES string of the molecule is C/C(F)=C\C=C(/CF)c1nnc([C@@H]2[C@@H](c3ccc(S(N)(=O)=O)cc3)C2(C)C)s1. The third kappa shape index (κ3) is 4.06. The van der Waals surface area contributed by atoms with Gasteiger partial charge in [-0.25, -0.2) is 22.3 Å². The summed E-state index contributed by atoms with van der Waals surface area (Å²) >= 11 is 1.30. The second-order valence-corrected chi connectivity index (χ2v) is 9.99. The highest BCUT2D eigenvalue weighted by Gasteiger charge is 2.60. The minimum Gasteiger partial charge on any atom is -0.246 e. The van der Waals surface area contributed by atoms with Gasteiger partial charge in [-0.1, -0.05) is 43.4 Å². The van der Waals surface area contributed by atoms with Crippen molar-refractivity contribution < 1.29 is 17.2 Å². The van der Waals surface area contributed by atoms with Crippen LogP contribution in [0.4, 0.5) is 8.78 Å². The van der Waals surface area contributed by atoms with Crippen LogP contribution in [0, 0.1) is 5.41 Å². The number of sulfonamides is 1. The molecule has 0 bridgehead atoms. The lowest BCUT2D eigenvalue weighted by atomic mass is 10.0. The number of primary sulfonamides is 1. The first-order chi connectivity index (χ1) is 13.1. The van der Waals surface area contributed by atoms with Crippen LogP contribution >= 0.6 is 11.3 Å². The molecular formula is C19H21F2N3O2S2. The molecule has 28 heavy (non-hydrogen) atoms. The summed E-state index contributed by atoms with van der Waals surface area (Å²) in [6.07, 6.45) is 2.58. The normalized spacial score (nSPS) is 22.4. The molecule has 1 aliphatic carbocycles. The lowest BCUT2D eigenvalue weighted by Gasteiger charge is -2.04. The Labute approximate surface area is 167 Å². The molecule has 9 heteroatoms. The summed E-state index contributed by atoms with van der Waals surface area (Å²) in [4.78, 5) is 0.0680. The Bertz CT molecular complexity index is 1040. The minimum atomic E-state index is -3.73. The van der Waals surface area contributed by atoms with Gasteiger partial charge < -0.3 is 0 Å². The Hall–Kier alpha value is -1.97. The van der Waals surface area contributed by atoms with E-state index in [1.165, 1.54) is 42.5 Å². The Morgan fingerprint density at radius 3 is 2.39 bits per heavy atom. The second kappa shape index (κ2) is 7.46. The van der Waals surface area contributed by atoms with Crippen LogP contribution in [0.5, 0.6) is 0 Å². The molecule has 5 nitrogen and oxygen atoms in total. The number of alkyl halides is 1. The maximum atomic E-state index is 13.3. The Morgan fingerprint density at radius 2 is 1.86 bits per heavy atom. The van der Waals surface area contributed by atoms with Crippen molar-refractivity contribution in [1.82, 2.24) is 10.2 Å². The van der Waals surface area contributed by atoms with Gasteiger partial charge in [0.05, 0.1) is 10.7 Å². The van der Waals surface area contributed by atoms with E-state index < -0.39 is 22.5 Å². The van der Waals surface area contributed by atoms with Gasteiger partial charge in [0.2, 0.25) is 10.0 Å². The molecule has 0 spiro atoms. The maximum Gasteiger partial charge on any atom is 0.238 e. The summed E-state index contributed by atoms with van der Waals surface area (Å²) in [7, 11) is -3.73. The quantitative estimate of drug-likeness (QED) is 0.699. The molecule has 0 saturated heterocycles. The fraction of sp³-hybridized carbons (Fsp3) is 0.368. The first kappa shape index (κ1) is 20.8. The summed E-state index contributed by atoms with van der Waals surface area (Å²) in [6, 6.07) is 6.51. The van der Waals surface area contributed by atoms with E-state index in [4.69, 9.17) is 5.14 Å². The van der Waals surface area contributed by atoms with Crippen LogP contribution in [-0.2, 0) is 10.0 Å². The Kier molecular flexibility index (Phi) is 5.53. The van der Waals surface area contributed by atoms with Gasteiger partial charge in [0.1, 0.15) is 16.7 Å². The van der Waals surface area contributed by atoms with Crippen LogP contribution in [0.25, 0.3) is 5.57 Å². The second-order valence-electron chi connectivity index (χ2n) is 7.42. The molecule has 1 aromatic heterocycles. The van der Waals surface area contributed by atoms with Crippen LogP contribution in [0.15, 0.2) is 47.1 Å². The summed E-state index contributed by atoms with van der Waals surface area (Å²) in [6.45, 7) is 4.72. The highest BCUT2D eigenvalue weighted by molar-refractivity contribution is 7.89. The highest BCUT2D eigenvalue weighted by atomic mass is 32.2. The number of benzene rings is 1. The number of rotatable bonds is 6. The zero-order valence-corrected chi connectivity index (χ0v) is 17.3. The first-order valence-corrected chi connectivity index (χ1v) is 11.0. The predicted molar refractivity (Wildman–Crippen MR) is 106 cm³/mol. The highest BCUT2D eigenvalue weighted by Crippen LogP contribution is 2.70. The van der Waals surface area contributed by atoms with Gasteiger partial charge in [-0.3, -0.25) is 0 Å². The monoisotopic (exact) mass is 425 g/mol. The number of allylic oxidation sites excluding steroid dienone is 4. The molecule has 1 heterocycles. The Morgan fingerprint density at radius 1 is 1.21 bits per heavy atom. The number of hydrogen-bond donors (Lipinski definition) is 1. The summed E-state index contributed by atoms with van der Waals surface area (Å²) < 4.78 is 49.1. The zero-order valence-electron chi connectivity index (χ0n) is 15.7. The van der Waals surface area contributed by atoms with Gasteiger partial charge >= 0.3 is 0 Å². The fourth-order valence-electron chi connectivity index (χ4n) is 3.46. The van der Waals surface area contributed by atoms with Crippen molar-refractivity contribution in [2.24, 2.45) is 10.6 Å². The van der Waals surface area contributed by atoms with Crippen LogP contribution in [-0.4, -0.2) is 25.3 Å². The standard InChI is InChI=1S/C19H21F2N3O2S2/c1-11(21)4-5-13(10-20)17-23-24-18(27-17)16-15(19(16,2)3)12-6-8-14(9-7-12)28(22,25)26/h4-9,15-16H,10H2,1-3H3,(H2,22,25,26)/b11-4+,13-5+/t15-,16+/m1/s1. The van der Waals surface area contributed by atoms with Crippen molar-refractivity contribution in [2.45, 2.75) is 37.5 Å². The number of aromatic nitrogens is 2. The van der Waals surface area contributed by atoms with E-state index in [2.05, 4.69) is 24.0 Å². The summed E-state index contributed by atoms with van der Waals surface area (Å²) in [5, 5.41) is 14.7. The van der Waals surface area contributed by atoms with Crippen molar-refractivity contribution in [3.63, 3.8) is 0 Å². The molecular weight excluding hydrogens is 404 g/mol. The molecule has 3 rings (SSSR count). The molecule has 0 unspecified atom stereocenters. The van der Waals surface area contributed by atoms with E-state index in [0.29, 0.717) is 5.01 Å². The smallest absolute Gasteiger partial charge is 0.238 e. The first-order valence-electron chi connectivity index (χ1n) is 8.61. The van der Waals surface area contributed by atoms with Crippen molar-refractivity contribution >= 4 is 26.9 Å². The van der Waals surface area contributed by atoms with Gasteiger partial charge in [-0.05, 0) is 42.0 Å². The lowest BCUT2D eigenvalue weighted by Crippen LogP contribution is -2.11. The topological polar surface area (TPSA) is 85.9 Å². The number of halogens is 2. The third-order valence-electron chi connectivity index (χ3n) is 5.03. The number of nitrogens with two attached hydrogens (primary N) is 1. The van der Waals surface area contributed by atoms with Gasteiger partial charge in [-0.2, -0.15) is 0 Å². The zero-order chi connectivity index (χ0) is 20.7. The van der Waals surface area contributed by atoms with Crippen LogP contribution < -0.4 is 5.14 Å². The minimum absolute atomic E-state index is 0.0680. The number of nitrogens with zero attached hydrogens (tertiary/aromatic N) is 2. The van der Waals surface area contributed by atoms with Gasteiger partial charge in [-0.15, -0.1) is 10.2 Å². The van der Waals surface area contributed by atoms with Crippen molar-refractivity contribution in [2.75, 3.05) is 6.67 Å². The summed E-state index contributed by atoms with van der Waals surface area (Å²) in [5.74, 6) is -0.200. The molecule has 2 atom stereocenters. The summed E-state index contributed by atoms with van der Waals surface area (Å²) in [5.41, 5.74) is 1.17. The molecule has 1 saturated carbocycles. The molecule has 2 aromatic rings. The lowest BCUT2D eigenvalue weighted by molar-refractivity contribution is 0.570. The van der Waals surface area contributed by atoms with E-state index in [1.54, 1.807) is 12.1 Å². The third-order valence-corrected chi connectivity index (χ3v) is 7.05. The van der Waals surface area contributed by atoms with E-state index in [-0.39, 0.29) is 27.7 Å². The molecule has 1 aliphatic rings.